The zero-order valence-electron chi connectivity index (χ0n) is 10.7. The minimum absolute atomic E-state index is 0.465. The number of hydrogen-bond acceptors (Lipinski definition) is 3. The highest BCUT2D eigenvalue weighted by Gasteiger charge is 2.23. The summed E-state index contributed by atoms with van der Waals surface area (Å²) in [5, 5.41) is 0. The first-order valence-electron chi connectivity index (χ1n) is 6.42. The molecule has 0 radical (unpaired) electrons. The normalized spacial score (nSPS) is 13.9. The maximum absolute atomic E-state index is 11.3. The molecule has 0 aliphatic carbocycles. The summed E-state index contributed by atoms with van der Waals surface area (Å²) in [5.74, 6) is 1.20. The average Bonchev–Trinajstić information content (AvgIpc) is 2.38. The van der Waals surface area contributed by atoms with E-state index in [1.807, 2.05) is 12.1 Å². The van der Waals surface area contributed by atoms with Crippen LogP contribution in [0.1, 0.15) is 31.9 Å². The molecule has 1 aliphatic heterocycles. The molecule has 0 unspecified atom stereocenters. The van der Waals surface area contributed by atoms with Gasteiger partial charge >= 0.3 is 6.03 Å². The van der Waals surface area contributed by atoms with Gasteiger partial charge in [0.05, 0.1) is 6.54 Å². The number of fused-ring (bicyclic) bond motifs is 1. The quantitative estimate of drug-likeness (QED) is 0.831. The highest BCUT2D eigenvalue weighted by atomic mass is 16.5. The van der Waals surface area contributed by atoms with E-state index in [1.165, 1.54) is 17.7 Å². The standard InChI is InChI=1S/C13H19N3O2/c1-2-3-4-5-10-6-7-11-12(15-10)16(13(14)17)8-9-18-11/h6-7H,2-5,8-9H2,1H3,(H2,14,17). The number of aryl methyl sites for hydroxylation is 1. The summed E-state index contributed by atoms with van der Waals surface area (Å²) in [4.78, 5) is 17.3. The van der Waals surface area contributed by atoms with Gasteiger partial charge in [-0.3, -0.25) is 4.90 Å². The van der Waals surface area contributed by atoms with Crippen molar-refractivity contribution in [3.8, 4) is 5.75 Å². The second-order valence-electron chi connectivity index (χ2n) is 4.42. The number of anilines is 1. The minimum Gasteiger partial charge on any atom is -0.488 e. The highest BCUT2D eigenvalue weighted by molar-refractivity contribution is 5.91. The molecular formula is C13H19N3O2. The smallest absolute Gasteiger partial charge is 0.320 e. The molecule has 1 aromatic rings. The Morgan fingerprint density at radius 1 is 1.50 bits per heavy atom. The molecule has 0 bridgehead atoms. The van der Waals surface area contributed by atoms with Gasteiger partial charge in [-0.2, -0.15) is 0 Å². The van der Waals surface area contributed by atoms with E-state index < -0.39 is 6.03 Å². The van der Waals surface area contributed by atoms with Gasteiger partial charge in [-0.1, -0.05) is 19.8 Å². The van der Waals surface area contributed by atoms with Crippen LogP contribution in [0, 0.1) is 0 Å². The van der Waals surface area contributed by atoms with Crippen LogP contribution in [0.2, 0.25) is 0 Å². The fourth-order valence-electron chi connectivity index (χ4n) is 2.04. The van der Waals surface area contributed by atoms with Crippen LogP contribution in [0.3, 0.4) is 0 Å². The number of nitrogens with two attached hydrogens (primary N) is 1. The first-order valence-corrected chi connectivity index (χ1v) is 6.42. The molecule has 0 saturated carbocycles. The van der Waals surface area contributed by atoms with E-state index in [9.17, 15) is 4.79 Å². The summed E-state index contributed by atoms with van der Waals surface area (Å²) >= 11 is 0. The molecule has 2 rings (SSSR count). The SMILES string of the molecule is CCCCCc1ccc2c(n1)N(C(N)=O)CCO2. The van der Waals surface area contributed by atoms with Crippen molar-refractivity contribution in [1.29, 1.82) is 0 Å². The van der Waals surface area contributed by atoms with Crippen molar-refractivity contribution in [2.75, 3.05) is 18.1 Å². The highest BCUT2D eigenvalue weighted by Crippen LogP contribution is 2.29. The molecule has 2 heterocycles. The van der Waals surface area contributed by atoms with Crippen molar-refractivity contribution in [3.05, 3.63) is 17.8 Å². The minimum atomic E-state index is -0.474. The average molecular weight is 249 g/mol. The van der Waals surface area contributed by atoms with Crippen molar-refractivity contribution < 1.29 is 9.53 Å². The Balaban J connectivity index is 2.17. The third kappa shape index (κ3) is 2.72. The second-order valence-corrected chi connectivity index (χ2v) is 4.42. The largest absolute Gasteiger partial charge is 0.488 e. The number of rotatable bonds is 4. The molecule has 0 atom stereocenters. The first-order chi connectivity index (χ1) is 8.72. The molecule has 0 saturated heterocycles. The lowest BCUT2D eigenvalue weighted by Crippen LogP contribution is -2.42. The number of primary amides is 1. The monoisotopic (exact) mass is 249 g/mol. The number of nitrogens with zero attached hydrogens (tertiary/aromatic N) is 2. The Labute approximate surface area is 107 Å². The number of carbonyl (C=O) groups is 1. The van der Waals surface area contributed by atoms with Crippen molar-refractivity contribution in [2.45, 2.75) is 32.6 Å². The predicted molar refractivity (Wildman–Crippen MR) is 69.9 cm³/mol. The van der Waals surface area contributed by atoms with Crippen LogP contribution in [-0.2, 0) is 6.42 Å². The van der Waals surface area contributed by atoms with Crippen LogP contribution in [0.5, 0.6) is 5.75 Å². The summed E-state index contributed by atoms with van der Waals surface area (Å²) in [6.07, 6.45) is 4.41. The van der Waals surface area contributed by atoms with Gasteiger partial charge in [0.2, 0.25) is 0 Å². The molecule has 1 aromatic heterocycles. The van der Waals surface area contributed by atoms with Gasteiger partial charge in [0, 0.05) is 5.69 Å². The van der Waals surface area contributed by atoms with E-state index in [1.54, 1.807) is 0 Å². The van der Waals surface area contributed by atoms with Crippen molar-refractivity contribution in [1.82, 2.24) is 4.98 Å². The molecular weight excluding hydrogens is 230 g/mol. The lowest BCUT2D eigenvalue weighted by molar-refractivity contribution is 0.246. The number of unbranched alkanes of at least 4 members (excludes halogenated alkanes) is 2. The molecule has 0 spiro atoms. The van der Waals surface area contributed by atoms with Crippen molar-refractivity contribution in [3.63, 3.8) is 0 Å². The van der Waals surface area contributed by atoms with Gasteiger partial charge in [-0.25, -0.2) is 9.78 Å². The number of carbonyl (C=O) groups excluding carboxylic acids is 1. The Morgan fingerprint density at radius 3 is 3.06 bits per heavy atom. The zero-order valence-corrected chi connectivity index (χ0v) is 10.7. The summed E-state index contributed by atoms with van der Waals surface area (Å²) in [7, 11) is 0. The van der Waals surface area contributed by atoms with Gasteiger partial charge in [-0.05, 0) is 25.0 Å². The van der Waals surface area contributed by atoms with Gasteiger partial charge < -0.3 is 10.5 Å². The van der Waals surface area contributed by atoms with Crippen LogP contribution in [0.4, 0.5) is 10.6 Å². The summed E-state index contributed by atoms with van der Waals surface area (Å²) in [6.45, 7) is 3.10. The van der Waals surface area contributed by atoms with Crippen LogP contribution < -0.4 is 15.4 Å². The van der Waals surface area contributed by atoms with Crippen LogP contribution in [0.25, 0.3) is 0 Å². The number of pyridine rings is 1. The maximum atomic E-state index is 11.3. The molecule has 2 amide bonds. The third-order valence-corrected chi connectivity index (χ3v) is 3.03. The molecule has 0 aromatic carbocycles. The van der Waals surface area contributed by atoms with Gasteiger partial charge in [0.15, 0.2) is 11.6 Å². The summed E-state index contributed by atoms with van der Waals surface area (Å²) in [5.41, 5.74) is 6.33. The van der Waals surface area contributed by atoms with Crippen LogP contribution in [0.15, 0.2) is 12.1 Å². The fourth-order valence-corrected chi connectivity index (χ4v) is 2.04. The van der Waals surface area contributed by atoms with Crippen molar-refractivity contribution >= 4 is 11.8 Å². The van der Waals surface area contributed by atoms with Crippen LogP contribution >= 0.6 is 0 Å². The van der Waals surface area contributed by atoms with E-state index in [4.69, 9.17) is 10.5 Å². The Bertz CT molecular complexity index is 434. The van der Waals surface area contributed by atoms with Crippen LogP contribution in [-0.4, -0.2) is 24.2 Å². The molecule has 0 fully saturated rings. The molecule has 1 aliphatic rings. The van der Waals surface area contributed by atoms with E-state index in [0.717, 1.165) is 18.5 Å². The van der Waals surface area contributed by atoms with Crippen molar-refractivity contribution in [2.24, 2.45) is 5.73 Å². The second kappa shape index (κ2) is 5.71. The van der Waals surface area contributed by atoms with E-state index in [2.05, 4.69) is 11.9 Å². The number of amides is 2. The van der Waals surface area contributed by atoms with Gasteiger partial charge in [0.1, 0.15) is 6.61 Å². The molecule has 98 valence electrons. The molecule has 18 heavy (non-hydrogen) atoms. The number of ether oxygens (including phenoxy) is 1. The number of aromatic nitrogens is 1. The summed E-state index contributed by atoms with van der Waals surface area (Å²) < 4.78 is 5.47. The van der Waals surface area contributed by atoms with Gasteiger partial charge in [-0.15, -0.1) is 0 Å². The zero-order chi connectivity index (χ0) is 13.0. The van der Waals surface area contributed by atoms with E-state index >= 15 is 0 Å². The third-order valence-electron chi connectivity index (χ3n) is 3.03. The Kier molecular flexibility index (Phi) is 4.02. The topological polar surface area (TPSA) is 68.5 Å². The number of hydrogen-bond donors (Lipinski definition) is 1. The lowest BCUT2D eigenvalue weighted by atomic mass is 10.1. The first kappa shape index (κ1) is 12.7. The fraction of sp³-hybridized carbons (Fsp3) is 0.538. The molecule has 5 heteroatoms. The van der Waals surface area contributed by atoms with E-state index in [0.29, 0.717) is 24.7 Å². The predicted octanol–water partition coefficient (Wildman–Crippen LogP) is 2.09. The summed E-state index contributed by atoms with van der Waals surface area (Å²) in [6, 6.07) is 3.36. The molecule has 2 N–H and O–H groups in total. The molecule has 5 nitrogen and oxygen atoms in total. The van der Waals surface area contributed by atoms with Gasteiger partial charge in [0.25, 0.3) is 0 Å². The lowest BCUT2D eigenvalue weighted by Gasteiger charge is -2.27. The maximum Gasteiger partial charge on any atom is 0.320 e. The number of urea groups is 1. The Hall–Kier alpha value is -1.78. The van der Waals surface area contributed by atoms with E-state index in [-0.39, 0.29) is 0 Å². The Morgan fingerprint density at radius 2 is 2.33 bits per heavy atom.